The minimum atomic E-state index is -3.98. The normalized spacial score (nSPS) is 11.2. The number of anilines is 2. The van der Waals surface area contributed by atoms with E-state index in [1.54, 1.807) is 6.07 Å². The van der Waals surface area contributed by atoms with Crippen LogP contribution in [0.25, 0.3) is 0 Å². The van der Waals surface area contributed by atoms with Crippen LogP contribution in [0.3, 0.4) is 0 Å². The second-order valence-corrected chi connectivity index (χ2v) is 9.22. The lowest BCUT2D eigenvalue weighted by Crippen LogP contribution is -2.24. The lowest BCUT2D eigenvalue weighted by Gasteiger charge is -2.25. The van der Waals surface area contributed by atoms with Gasteiger partial charge in [-0.05, 0) is 48.9 Å². The van der Waals surface area contributed by atoms with Crippen molar-refractivity contribution in [3.63, 3.8) is 0 Å². The first-order valence-corrected chi connectivity index (χ1v) is 11.6. The van der Waals surface area contributed by atoms with Crippen molar-refractivity contribution in [3.05, 3.63) is 87.9 Å². The van der Waals surface area contributed by atoms with Crippen molar-refractivity contribution in [2.45, 2.75) is 18.4 Å². The third kappa shape index (κ3) is 5.50. The molecule has 0 fully saturated rings. The number of rotatable bonds is 8. The summed E-state index contributed by atoms with van der Waals surface area (Å²) in [4.78, 5) is 13.8. The molecule has 3 aromatic carbocycles. The predicted octanol–water partition coefficient (Wildman–Crippen LogP) is 5.52. The molecule has 0 aliphatic rings. The second-order valence-electron chi connectivity index (χ2n) is 6.72. The number of carboxylic acid groups (broad SMARTS) is 1. The van der Waals surface area contributed by atoms with Crippen molar-refractivity contribution in [3.8, 4) is 0 Å². The van der Waals surface area contributed by atoms with Gasteiger partial charge < -0.3 is 10.0 Å². The molecular formula is C22H20Cl2N2O4S. The zero-order valence-corrected chi connectivity index (χ0v) is 18.9. The summed E-state index contributed by atoms with van der Waals surface area (Å²) in [7, 11) is -3.98. The molecule has 0 amide bonds. The zero-order valence-electron chi connectivity index (χ0n) is 16.5. The zero-order chi connectivity index (χ0) is 22.6. The molecule has 0 aliphatic carbocycles. The van der Waals surface area contributed by atoms with E-state index in [0.717, 1.165) is 5.56 Å². The van der Waals surface area contributed by atoms with Crippen LogP contribution >= 0.6 is 23.2 Å². The van der Waals surface area contributed by atoms with Crippen molar-refractivity contribution < 1.29 is 18.3 Å². The number of sulfonamides is 1. The van der Waals surface area contributed by atoms with Gasteiger partial charge in [-0.3, -0.25) is 4.72 Å². The Hall–Kier alpha value is -2.74. The predicted molar refractivity (Wildman–Crippen MR) is 124 cm³/mol. The molecule has 0 heterocycles. The summed E-state index contributed by atoms with van der Waals surface area (Å²) >= 11 is 11.8. The summed E-state index contributed by atoms with van der Waals surface area (Å²) in [6, 6.07) is 18.0. The summed E-state index contributed by atoms with van der Waals surface area (Å²) in [6.45, 7) is 3.02. The van der Waals surface area contributed by atoms with Crippen LogP contribution < -0.4 is 9.62 Å². The minimum Gasteiger partial charge on any atom is -0.478 e. The van der Waals surface area contributed by atoms with Crippen molar-refractivity contribution in [1.82, 2.24) is 0 Å². The maximum atomic E-state index is 12.7. The fourth-order valence-electron chi connectivity index (χ4n) is 3.08. The van der Waals surface area contributed by atoms with E-state index in [2.05, 4.69) is 4.72 Å². The Bertz CT molecular complexity index is 1200. The maximum Gasteiger partial charge on any atom is 0.337 e. The number of aromatic carboxylic acids is 1. The summed E-state index contributed by atoms with van der Waals surface area (Å²) in [5.74, 6) is -1.16. The van der Waals surface area contributed by atoms with Crippen LogP contribution in [0.15, 0.2) is 71.6 Å². The molecule has 3 aromatic rings. The monoisotopic (exact) mass is 478 g/mol. The SMILES string of the molecule is CCN(Cc1ccccc1)c1ccc(NS(=O)(=O)c2ccc(Cl)c(Cl)c2)cc1C(=O)O. The van der Waals surface area contributed by atoms with Gasteiger partial charge in [0.25, 0.3) is 10.0 Å². The molecule has 2 N–H and O–H groups in total. The minimum absolute atomic E-state index is 0.00730. The van der Waals surface area contributed by atoms with E-state index in [4.69, 9.17) is 23.2 Å². The fraction of sp³-hybridized carbons (Fsp3) is 0.136. The van der Waals surface area contributed by atoms with Crippen LogP contribution in [0.1, 0.15) is 22.8 Å². The van der Waals surface area contributed by atoms with Crippen molar-refractivity contribution in [1.29, 1.82) is 0 Å². The number of nitrogens with zero attached hydrogens (tertiary/aromatic N) is 1. The van der Waals surface area contributed by atoms with Gasteiger partial charge in [0.2, 0.25) is 0 Å². The Morgan fingerprint density at radius 1 is 1.00 bits per heavy atom. The number of halogens is 2. The van der Waals surface area contributed by atoms with E-state index >= 15 is 0 Å². The maximum absolute atomic E-state index is 12.7. The molecular weight excluding hydrogens is 459 g/mol. The first-order valence-electron chi connectivity index (χ1n) is 9.35. The van der Waals surface area contributed by atoms with E-state index in [0.29, 0.717) is 18.8 Å². The molecule has 0 aliphatic heterocycles. The second kappa shape index (κ2) is 9.60. The molecule has 162 valence electrons. The van der Waals surface area contributed by atoms with Gasteiger partial charge in [-0.1, -0.05) is 53.5 Å². The molecule has 0 saturated heterocycles. The molecule has 0 saturated carbocycles. The van der Waals surface area contributed by atoms with Crippen molar-refractivity contribution in [2.24, 2.45) is 0 Å². The summed E-state index contributed by atoms with van der Waals surface area (Å²) in [5, 5.41) is 10.1. The number of carboxylic acids is 1. The molecule has 0 unspecified atom stereocenters. The average molecular weight is 479 g/mol. The number of hydrogen-bond acceptors (Lipinski definition) is 4. The molecule has 0 radical (unpaired) electrons. The molecule has 0 aromatic heterocycles. The van der Waals surface area contributed by atoms with Crippen molar-refractivity contribution >= 4 is 50.6 Å². The van der Waals surface area contributed by atoms with Gasteiger partial charge in [-0.25, -0.2) is 13.2 Å². The summed E-state index contributed by atoms with van der Waals surface area (Å²) < 4.78 is 27.8. The number of benzene rings is 3. The Kier molecular flexibility index (Phi) is 7.10. The van der Waals surface area contributed by atoms with Gasteiger partial charge >= 0.3 is 5.97 Å². The van der Waals surface area contributed by atoms with Crippen LogP contribution in [-0.4, -0.2) is 26.0 Å². The number of carbonyl (C=O) groups is 1. The standard InChI is InChI=1S/C22H20Cl2N2O4S/c1-2-26(14-15-6-4-3-5-7-15)21-11-8-16(12-18(21)22(27)28)25-31(29,30)17-9-10-19(23)20(24)13-17/h3-13,25H,2,14H2,1H3,(H,27,28). The van der Waals surface area contributed by atoms with E-state index < -0.39 is 16.0 Å². The number of nitrogens with one attached hydrogen (secondary N) is 1. The van der Waals surface area contributed by atoms with Crippen LogP contribution in [0.4, 0.5) is 11.4 Å². The number of hydrogen-bond donors (Lipinski definition) is 2. The quantitative estimate of drug-likeness (QED) is 0.445. The van der Waals surface area contributed by atoms with Crippen LogP contribution in [0.2, 0.25) is 10.0 Å². The van der Waals surface area contributed by atoms with Crippen LogP contribution in [0.5, 0.6) is 0 Å². The van der Waals surface area contributed by atoms with Gasteiger partial charge in [0.05, 0.1) is 26.2 Å². The van der Waals surface area contributed by atoms with E-state index in [9.17, 15) is 18.3 Å². The third-order valence-electron chi connectivity index (χ3n) is 4.62. The van der Waals surface area contributed by atoms with Crippen molar-refractivity contribution in [2.75, 3.05) is 16.2 Å². The Morgan fingerprint density at radius 2 is 1.71 bits per heavy atom. The lowest BCUT2D eigenvalue weighted by molar-refractivity contribution is 0.0697. The topological polar surface area (TPSA) is 86.7 Å². The summed E-state index contributed by atoms with van der Waals surface area (Å²) in [5.41, 5.74) is 1.65. The highest BCUT2D eigenvalue weighted by Gasteiger charge is 2.20. The van der Waals surface area contributed by atoms with Crippen LogP contribution in [0, 0.1) is 0 Å². The Labute approximate surface area is 191 Å². The van der Waals surface area contributed by atoms with Gasteiger partial charge in [0.1, 0.15) is 0 Å². The van der Waals surface area contributed by atoms with Gasteiger partial charge in [0.15, 0.2) is 0 Å². The third-order valence-corrected chi connectivity index (χ3v) is 6.74. The fourth-order valence-corrected chi connectivity index (χ4v) is 4.51. The van der Waals surface area contributed by atoms with E-state index in [1.807, 2.05) is 42.2 Å². The summed E-state index contributed by atoms with van der Waals surface area (Å²) in [6.07, 6.45) is 0. The highest BCUT2D eigenvalue weighted by atomic mass is 35.5. The van der Waals surface area contributed by atoms with E-state index in [-0.39, 0.29) is 26.2 Å². The molecule has 31 heavy (non-hydrogen) atoms. The molecule has 3 rings (SSSR count). The largest absolute Gasteiger partial charge is 0.478 e. The molecule has 0 atom stereocenters. The van der Waals surface area contributed by atoms with Gasteiger partial charge in [0, 0.05) is 18.8 Å². The molecule has 6 nitrogen and oxygen atoms in total. The van der Waals surface area contributed by atoms with Gasteiger partial charge in [-0.2, -0.15) is 0 Å². The van der Waals surface area contributed by atoms with Gasteiger partial charge in [-0.15, -0.1) is 0 Å². The molecule has 0 bridgehead atoms. The van der Waals surface area contributed by atoms with E-state index in [1.165, 1.54) is 30.3 Å². The smallest absolute Gasteiger partial charge is 0.337 e. The highest BCUT2D eigenvalue weighted by molar-refractivity contribution is 7.92. The lowest BCUT2D eigenvalue weighted by atomic mass is 10.1. The van der Waals surface area contributed by atoms with Crippen LogP contribution in [-0.2, 0) is 16.6 Å². The first-order chi connectivity index (χ1) is 14.7. The molecule has 9 heteroatoms. The highest BCUT2D eigenvalue weighted by Crippen LogP contribution is 2.29. The molecule has 0 spiro atoms. The Balaban J connectivity index is 1.92. The first kappa shape index (κ1) is 22.9. The average Bonchev–Trinajstić information content (AvgIpc) is 2.74. The Morgan fingerprint density at radius 3 is 2.32 bits per heavy atom.